The van der Waals surface area contributed by atoms with Gasteiger partial charge in [0.2, 0.25) is 0 Å². The van der Waals surface area contributed by atoms with Gasteiger partial charge in [0, 0.05) is 34.2 Å². The van der Waals surface area contributed by atoms with Gasteiger partial charge < -0.3 is 11.5 Å². The van der Waals surface area contributed by atoms with Gasteiger partial charge in [0.05, 0.1) is 0 Å². The lowest BCUT2D eigenvalue weighted by atomic mass is 10.0. The molecule has 17 heavy (non-hydrogen) atoms. The molecule has 1 saturated heterocycles. The summed E-state index contributed by atoms with van der Waals surface area (Å²) in [5.41, 5.74) is 13.2. The first-order valence-electron chi connectivity index (χ1n) is 5.86. The van der Waals surface area contributed by atoms with Crippen molar-refractivity contribution in [3.63, 3.8) is 0 Å². The summed E-state index contributed by atoms with van der Waals surface area (Å²) in [6, 6.07) is 4.10. The van der Waals surface area contributed by atoms with Crippen molar-refractivity contribution >= 4 is 29.3 Å². The van der Waals surface area contributed by atoms with Crippen LogP contribution in [0.5, 0.6) is 0 Å². The number of nitrogens with zero attached hydrogens (tertiary/aromatic N) is 1. The van der Waals surface area contributed by atoms with Crippen LogP contribution >= 0.6 is 23.5 Å². The molecule has 3 atom stereocenters. The second kappa shape index (κ2) is 5.98. The van der Waals surface area contributed by atoms with Gasteiger partial charge in [-0.2, -0.15) is 23.5 Å². The topological polar surface area (TPSA) is 64.9 Å². The Hall–Kier alpha value is -0.390. The Balaban J connectivity index is 2.01. The van der Waals surface area contributed by atoms with E-state index < -0.39 is 0 Å². The van der Waals surface area contributed by atoms with Gasteiger partial charge in [-0.3, -0.25) is 0 Å². The maximum atomic E-state index is 6.32. The SMILES string of the molecule is CC1SCCSC1C(N)Cc1cccnc1N. The summed E-state index contributed by atoms with van der Waals surface area (Å²) in [4.78, 5) is 4.11. The van der Waals surface area contributed by atoms with Crippen molar-refractivity contribution in [2.24, 2.45) is 5.73 Å². The lowest BCUT2D eigenvalue weighted by Gasteiger charge is -2.32. The molecule has 0 saturated carbocycles. The Kier molecular flexibility index (Phi) is 4.59. The average Bonchev–Trinajstić information content (AvgIpc) is 2.32. The van der Waals surface area contributed by atoms with Gasteiger partial charge in [-0.25, -0.2) is 4.98 Å². The lowest BCUT2D eigenvalue weighted by Crippen LogP contribution is -2.42. The van der Waals surface area contributed by atoms with Gasteiger partial charge in [0.1, 0.15) is 5.82 Å². The van der Waals surface area contributed by atoms with Crippen molar-refractivity contribution in [1.29, 1.82) is 0 Å². The van der Waals surface area contributed by atoms with E-state index in [0.29, 0.717) is 16.3 Å². The van der Waals surface area contributed by atoms with E-state index in [1.165, 1.54) is 11.5 Å². The Morgan fingerprint density at radius 3 is 2.94 bits per heavy atom. The van der Waals surface area contributed by atoms with E-state index in [-0.39, 0.29) is 6.04 Å². The normalized spacial score (nSPS) is 26.7. The van der Waals surface area contributed by atoms with E-state index >= 15 is 0 Å². The highest BCUT2D eigenvalue weighted by molar-refractivity contribution is 8.07. The monoisotopic (exact) mass is 269 g/mol. The third-order valence-electron chi connectivity index (χ3n) is 3.04. The fourth-order valence-electron chi connectivity index (χ4n) is 2.11. The summed E-state index contributed by atoms with van der Waals surface area (Å²) in [6.07, 6.45) is 2.54. The molecule has 0 amide bonds. The molecule has 1 aromatic heterocycles. The van der Waals surface area contributed by atoms with E-state index in [1.54, 1.807) is 6.20 Å². The number of hydrogen-bond acceptors (Lipinski definition) is 5. The molecule has 0 spiro atoms. The van der Waals surface area contributed by atoms with Crippen LogP contribution in [-0.2, 0) is 6.42 Å². The molecule has 0 radical (unpaired) electrons. The number of pyridine rings is 1. The lowest BCUT2D eigenvalue weighted by molar-refractivity contribution is 0.622. The summed E-state index contributed by atoms with van der Waals surface area (Å²) < 4.78 is 0. The summed E-state index contributed by atoms with van der Waals surface area (Å²) in [6.45, 7) is 2.27. The van der Waals surface area contributed by atoms with E-state index in [1.807, 2.05) is 35.7 Å². The van der Waals surface area contributed by atoms with Crippen molar-refractivity contribution in [2.75, 3.05) is 17.2 Å². The average molecular weight is 269 g/mol. The first-order valence-corrected chi connectivity index (χ1v) is 7.96. The molecule has 1 aromatic rings. The van der Waals surface area contributed by atoms with Crippen LogP contribution in [0.4, 0.5) is 5.82 Å². The van der Waals surface area contributed by atoms with Gasteiger partial charge in [-0.05, 0) is 18.1 Å². The Labute approximate surface area is 111 Å². The minimum atomic E-state index is 0.161. The zero-order chi connectivity index (χ0) is 12.3. The summed E-state index contributed by atoms with van der Waals surface area (Å²) >= 11 is 4.02. The van der Waals surface area contributed by atoms with Crippen LogP contribution in [0.3, 0.4) is 0 Å². The molecule has 0 aromatic carbocycles. The van der Waals surface area contributed by atoms with Crippen molar-refractivity contribution in [1.82, 2.24) is 4.98 Å². The molecule has 4 N–H and O–H groups in total. The summed E-state index contributed by atoms with van der Waals surface area (Å²) in [5, 5.41) is 1.15. The van der Waals surface area contributed by atoms with Crippen LogP contribution in [0.25, 0.3) is 0 Å². The zero-order valence-corrected chi connectivity index (χ0v) is 11.6. The number of rotatable bonds is 3. The highest BCUT2D eigenvalue weighted by Gasteiger charge is 2.28. The molecule has 94 valence electrons. The predicted molar refractivity (Wildman–Crippen MR) is 78.5 cm³/mol. The van der Waals surface area contributed by atoms with Gasteiger partial charge >= 0.3 is 0 Å². The molecule has 0 bridgehead atoms. The second-order valence-corrected chi connectivity index (χ2v) is 7.10. The largest absolute Gasteiger partial charge is 0.383 e. The first kappa shape index (κ1) is 13.1. The van der Waals surface area contributed by atoms with Crippen LogP contribution < -0.4 is 11.5 Å². The van der Waals surface area contributed by atoms with Crippen molar-refractivity contribution in [2.45, 2.75) is 29.9 Å². The number of thioether (sulfide) groups is 2. The summed E-state index contributed by atoms with van der Waals surface area (Å²) in [7, 11) is 0. The third-order valence-corrected chi connectivity index (χ3v) is 6.31. The summed E-state index contributed by atoms with van der Waals surface area (Å²) in [5.74, 6) is 3.06. The number of hydrogen-bond donors (Lipinski definition) is 2. The maximum absolute atomic E-state index is 6.32. The fraction of sp³-hybridized carbons (Fsp3) is 0.583. The first-order chi connectivity index (χ1) is 8.18. The minimum Gasteiger partial charge on any atom is -0.383 e. The van der Waals surface area contributed by atoms with Crippen LogP contribution in [0.1, 0.15) is 12.5 Å². The molecule has 5 heteroatoms. The molecule has 1 aliphatic heterocycles. The van der Waals surface area contributed by atoms with E-state index in [0.717, 1.165) is 12.0 Å². The fourth-order valence-corrected chi connectivity index (χ4v) is 5.00. The van der Waals surface area contributed by atoms with Crippen LogP contribution in [-0.4, -0.2) is 33.0 Å². The quantitative estimate of drug-likeness (QED) is 0.875. The predicted octanol–water partition coefficient (Wildman–Crippen LogP) is 1.77. The molecule has 3 nitrogen and oxygen atoms in total. The maximum Gasteiger partial charge on any atom is 0.126 e. The van der Waals surface area contributed by atoms with Gasteiger partial charge in [-0.15, -0.1) is 0 Å². The Morgan fingerprint density at radius 1 is 1.47 bits per heavy atom. The van der Waals surface area contributed by atoms with Crippen molar-refractivity contribution in [3.8, 4) is 0 Å². The number of nitrogens with two attached hydrogens (primary N) is 2. The van der Waals surface area contributed by atoms with E-state index in [4.69, 9.17) is 11.5 Å². The number of aromatic nitrogens is 1. The van der Waals surface area contributed by atoms with Crippen LogP contribution in [0.15, 0.2) is 18.3 Å². The Morgan fingerprint density at radius 2 is 2.24 bits per heavy atom. The molecular weight excluding hydrogens is 250 g/mol. The molecule has 2 rings (SSSR count). The van der Waals surface area contributed by atoms with Gasteiger partial charge in [0.15, 0.2) is 0 Å². The molecule has 1 aliphatic rings. The molecule has 0 aliphatic carbocycles. The molecular formula is C12H19N3S2. The zero-order valence-electron chi connectivity index (χ0n) is 10.0. The highest BCUT2D eigenvalue weighted by atomic mass is 32.2. The van der Waals surface area contributed by atoms with Crippen molar-refractivity contribution < 1.29 is 0 Å². The standard InChI is InChI=1S/C12H19N3S2/c1-8-11(17-6-5-16-8)10(13)7-9-3-2-4-15-12(9)14/h2-4,8,10-11H,5-7,13H2,1H3,(H2,14,15). The molecule has 3 unspecified atom stereocenters. The smallest absolute Gasteiger partial charge is 0.126 e. The minimum absolute atomic E-state index is 0.161. The number of nitrogen functional groups attached to an aromatic ring is 1. The van der Waals surface area contributed by atoms with E-state index in [9.17, 15) is 0 Å². The van der Waals surface area contributed by atoms with Gasteiger partial charge in [-0.1, -0.05) is 13.0 Å². The molecule has 2 heterocycles. The molecule has 1 fully saturated rings. The van der Waals surface area contributed by atoms with E-state index in [2.05, 4.69) is 11.9 Å². The van der Waals surface area contributed by atoms with Gasteiger partial charge in [0.25, 0.3) is 0 Å². The van der Waals surface area contributed by atoms with Crippen LogP contribution in [0, 0.1) is 0 Å². The highest BCUT2D eigenvalue weighted by Crippen LogP contribution is 2.33. The second-order valence-electron chi connectivity index (χ2n) is 4.33. The van der Waals surface area contributed by atoms with Crippen molar-refractivity contribution in [3.05, 3.63) is 23.9 Å². The Bertz CT molecular complexity index is 373. The van der Waals surface area contributed by atoms with Crippen LogP contribution in [0.2, 0.25) is 0 Å². The third kappa shape index (κ3) is 3.30. The number of anilines is 1.